The Balaban J connectivity index is 1.84. The van der Waals surface area contributed by atoms with Crippen LogP contribution in [0.2, 0.25) is 0 Å². The Kier molecular flexibility index (Phi) is 10.1. The van der Waals surface area contributed by atoms with E-state index < -0.39 is 0 Å². The van der Waals surface area contributed by atoms with Crippen molar-refractivity contribution in [2.24, 2.45) is 5.92 Å². The van der Waals surface area contributed by atoms with Crippen molar-refractivity contribution in [3.63, 3.8) is 0 Å². The smallest absolute Gasteiger partial charge is 0.0202 e. The predicted octanol–water partition coefficient (Wildman–Crippen LogP) is 6.10. The molecule has 0 aromatic heterocycles. The molecule has 0 nitrogen and oxygen atoms in total. The lowest BCUT2D eigenvalue weighted by Gasteiger charge is -2.15. The third-order valence-electron chi connectivity index (χ3n) is 4.07. The van der Waals surface area contributed by atoms with Gasteiger partial charge in [0, 0.05) is 12.3 Å². The highest BCUT2D eigenvalue weighted by atomic mass is 14.1. The highest BCUT2D eigenvalue weighted by molar-refractivity contribution is 5.04. The number of unbranched alkanes of at least 4 members (excludes halogenated alkanes) is 8. The van der Waals surface area contributed by atoms with E-state index in [0.29, 0.717) is 0 Å². The summed E-state index contributed by atoms with van der Waals surface area (Å²) >= 11 is 0. The lowest BCUT2D eigenvalue weighted by Crippen LogP contribution is -2.02. The first-order valence-corrected chi connectivity index (χ1v) is 8.42. The van der Waals surface area contributed by atoms with E-state index >= 15 is 0 Å². The zero-order chi connectivity index (χ0) is 12.9. The van der Waals surface area contributed by atoms with Gasteiger partial charge >= 0.3 is 0 Å². The lowest BCUT2D eigenvalue weighted by molar-refractivity contribution is 0.430. The number of hydrogen-bond donors (Lipinski definition) is 0. The SMILES string of the molecule is CCCCCCCCCCC#CC1CCCCC1. The van der Waals surface area contributed by atoms with Crippen LogP contribution < -0.4 is 0 Å². The summed E-state index contributed by atoms with van der Waals surface area (Å²) in [7, 11) is 0. The minimum Gasteiger partial charge on any atom is -0.103 e. The molecule has 1 rings (SSSR count). The van der Waals surface area contributed by atoms with E-state index in [1.54, 1.807) is 0 Å². The fraction of sp³-hybridized carbons (Fsp3) is 0.889. The highest BCUT2D eigenvalue weighted by Gasteiger charge is 2.09. The van der Waals surface area contributed by atoms with Crippen molar-refractivity contribution in [1.82, 2.24) is 0 Å². The maximum absolute atomic E-state index is 3.49. The largest absolute Gasteiger partial charge is 0.103 e. The van der Waals surface area contributed by atoms with Gasteiger partial charge in [-0.05, 0) is 19.3 Å². The second-order valence-corrected chi connectivity index (χ2v) is 5.88. The van der Waals surface area contributed by atoms with Gasteiger partial charge in [-0.25, -0.2) is 0 Å². The molecule has 0 amide bonds. The van der Waals surface area contributed by atoms with Crippen molar-refractivity contribution in [2.45, 2.75) is 96.8 Å². The van der Waals surface area contributed by atoms with Crippen molar-refractivity contribution >= 4 is 0 Å². The van der Waals surface area contributed by atoms with Crippen LogP contribution >= 0.6 is 0 Å². The summed E-state index contributed by atoms with van der Waals surface area (Å²) in [5.41, 5.74) is 0. The van der Waals surface area contributed by atoms with Crippen molar-refractivity contribution < 1.29 is 0 Å². The molecule has 104 valence electrons. The average Bonchev–Trinajstić information content (AvgIpc) is 2.42. The van der Waals surface area contributed by atoms with Gasteiger partial charge in [-0.3, -0.25) is 0 Å². The topological polar surface area (TPSA) is 0 Å². The van der Waals surface area contributed by atoms with E-state index in [1.165, 1.54) is 83.5 Å². The molecule has 0 aromatic carbocycles. The molecule has 0 aromatic rings. The molecular formula is C18H32. The van der Waals surface area contributed by atoms with Crippen LogP contribution in [0.1, 0.15) is 96.8 Å². The predicted molar refractivity (Wildman–Crippen MR) is 81.6 cm³/mol. The van der Waals surface area contributed by atoms with Crippen LogP contribution in [0.15, 0.2) is 0 Å². The Morgan fingerprint density at radius 2 is 1.39 bits per heavy atom. The maximum atomic E-state index is 3.49. The van der Waals surface area contributed by atoms with Gasteiger partial charge in [0.2, 0.25) is 0 Å². The molecule has 0 atom stereocenters. The van der Waals surface area contributed by atoms with Gasteiger partial charge in [-0.15, -0.1) is 5.92 Å². The number of hydrogen-bond acceptors (Lipinski definition) is 0. The molecule has 0 heterocycles. The molecule has 1 aliphatic carbocycles. The monoisotopic (exact) mass is 248 g/mol. The third-order valence-corrected chi connectivity index (χ3v) is 4.07. The summed E-state index contributed by atoms with van der Waals surface area (Å²) in [6.07, 6.45) is 19.4. The molecule has 0 heteroatoms. The Morgan fingerprint density at radius 1 is 0.778 bits per heavy atom. The first-order valence-electron chi connectivity index (χ1n) is 8.42. The van der Waals surface area contributed by atoms with Gasteiger partial charge in [-0.2, -0.15) is 0 Å². The summed E-state index contributed by atoms with van der Waals surface area (Å²) in [4.78, 5) is 0. The molecular weight excluding hydrogens is 216 g/mol. The summed E-state index contributed by atoms with van der Waals surface area (Å²) < 4.78 is 0. The van der Waals surface area contributed by atoms with Crippen molar-refractivity contribution in [2.75, 3.05) is 0 Å². The van der Waals surface area contributed by atoms with Crippen LogP contribution in [0.4, 0.5) is 0 Å². The molecule has 0 bridgehead atoms. The van der Waals surface area contributed by atoms with Crippen LogP contribution in [-0.2, 0) is 0 Å². The van der Waals surface area contributed by atoms with Crippen LogP contribution in [0.25, 0.3) is 0 Å². The Morgan fingerprint density at radius 3 is 2.06 bits per heavy atom. The Hall–Kier alpha value is -0.440. The van der Waals surface area contributed by atoms with Gasteiger partial charge in [0.15, 0.2) is 0 Å². The maximum Gasteiger partial charge on any atom is 0.0202 e. The van der Waals surface area contributed by atoms with Crippen LogP contribution in [0, 0.1) is 17.8 Å². The van der Waals surface area contributed by atoms with Crippen molar-refractivity contribution in [3.05, 3.63) is 0 Å². The molecule has 0 aliphatic heterocycles. The summed E-state index contributed by atoms with van der Waals surface area (Å²) in [6.45, 7) is 2.28. The molecule has 18 heavy (non-hydrogen) atoms. The van der Waals surface area contributed by atoms with Crippen LogP contribution in [0.5, 0.6) is 0 Å². The number of rotatable bonds is 8. The van der Waals surface area contributed by atoms with Crippen LogP contribution in [-0.4, -0.2) is 0 Å². The average molecular weight is 248 g/mol. The molecule has 0 spiro atoms. The second kappa shape index (κ2) is 11.6. The summed E-state index contributed by atoms with van der Waals surface area (Å²) in [6, 6.07) is 0. The summed E-state index contributed by atoms with van der Waals surface area (Å²) in [5.74, 6) is 7.65. The standard InChI is InChI=1S/C18H32/c1-2-3-4-5-6-7-8-9-10-12-15-18-16-13-11-14-17-18/h18H,2-11,13-14,16-17H2,1H3. The van der Waals surface area contributed by atoms with Gasteiger partial charge in [0.1, 0.15) is 0 Å². The molecule has 1 saturated carbocycles. The highest BCUT2D eigenvalue weighted by Crippen LogP contribution is 2.22. The quantitative estimate of drug-likeness (QED) is 0.359. The van der Waals surface area contributed by atoms with E-state index in [0.717, 1.165) is 12.3 Å². The van der Waals surface area contributed by atoms with Crippen LogP contribution in [0.3, 0.4) is 0 Å². The molecule has 1 fully saturated rings. The van der Waals surface area contributed by atoms with Gasteiger partial charge < -0.3 is 0 Å². The zero-order valence-corrected chi connectivity index (χ0v) is 12.5. The zero-order valence-electron chi connectivity index (χ0n) is 12.5. The minimum atomic E-state index is 0.743. The van der Waals surface area contributed by atoms with Gasteiger partial charge in [-0.1, -0.05) is 77.1 Å². The van der Waals surface area contributed by atoms with Crippen molar-refractivity contribution in [3.8, 4) is 11.8 Å². The van der Waals surface area contributed by atoms with E-state index in [4.69, 9.17) is 0 Å². The second-order valence-electron chi connectivity index (χ2n) is 5.88. The van der Waals surface area contributed by atoms with Gasteiger partial charge in [0.05, 0.1) is 0 Å². The molecule has 0 N–H and O–H groups in total. The fourth-order valence-corrected chi connectivity index (χ4v) is 2.81. The molecule has 0 unspecified atom stereocenters. The third kappa shape index (κ3) is 8.62. The van der Waals surface area contributed by atoms with E-state index in [2.05, 4.69) is 18.8 Å². The molecule has 1 aliphatic rings. The first kappa shape index (κ1) is 15.6. The minimum absolute atomic E-state index is 0.743. The molecule has 0 radical (unpaired) electrons. The Bertz CT molecular complexity index is 224. The van der Waals surface area contributed by atoms with Crippen molar-refractivity contribution in [1.29, 1.82) is 0 Å². The molecule has 0 saturated heterocycles. The van der Waals surface area contributed by atoms with E-state index in [1.807, 2.05) is 0 Å². The first-order chi connectivity index (χ1) is 8.93. The van der Waals surface area contributed by atoms with E-state index in [9.17, 15) is 0 Å². The Labute approximate surface area is 115 Å². The normalized spacial score (nSPS) is 16.3. The van der Waals surface area contributed by atoms with Gasteiger partial charge in [0.25, 0.3) is 0 Å². The van der Waals surface area contributed by atoms with E-state index in [-0.39, 0.29) is 0 Å². The fourth-order valence-electron chi connectivity index (χ4n) is 2.81. The lowest BCUT2D eigenvalue weighted by atomic mass is 9.90. The summed E-state index contributed by atoms with van der Waals surface area (Å²) in [5, 5.41) is 0.